The molecule has 0 aromatic heterocycles. The molecule has 0 radical (unpaired) electrons. The Labute approximate surface area is 145 Å². The van der Waals surface area contributed by atoms with Gasteiger partial charge in [0.1, 0.15) is 17.9 Å². The van der Waals surface area contributed by atoms with Gasteiger partial charge in [-0.2, -0.15) is 5.10 Å². The number of rotatable bonds is 7. The minimum atomic E-state index is -0.509. The summed E-state index contributed by atoms with van der Waals surface area (Å²) in [5.41, 5.74) is 3.66. The molecular weight excluding hydrogens is 322 g/mol. The lowest BCUT2D eigenvalue weighted by molar-refractivity contribution is -0.126. The van der Waals surface area contributed by atoms with Crippen LogP contribution in [0.2, 0.25) is 0 Å². The Morgan fingerprint density at radius 3 is 2.40 bits per heavy atom. The number of anilines is 1. The summed E-state index contributed by atoms with van der Waals surface area (Å²) in [7, 11) is 3.12. The van der Waals surface area contributed by atoms with E-state index in [2.05, 4.69) is 15.8 Å². The molecule has 7 heteroatoms. The number of carbonyl (C=O) groups excluding carboxylic acids is 2. The molecule has 0 atom stereocenters. The number of methoxy groups -OCH3 is 2. The molecule has 0 spiro atoms. The van der Waals surface area contributed by atoms with Crippen LogP contribution in [-0.4, -0.2) is 32.2 Å². The smallest absolute Gasteiger partial charge is 0.249 e. The van der Waals surface area contributed by atoms with Gasteiger partial charge >= 0.3 is 0 Å². The molecule has 0 saturated carbocycles. The molecule has 0 fully saturated rings. The van der Waals surface area contributed by atoms with E-state index in [1.54, 1.807) is 55.6 Å². The van der Waals surface area contributed by atoms with Crippen molar-refractivity contribution in [3.05, 3.63) is 54.1 Å². The maximum atomic E-state index is 11.8. The number of nitrogens with zero attached hydrogens (tertiary/aromatic N) is 1. The average Bonchev–Trinajstić information content (AvgIpc) is 2.62. The minimum Gasteiger partial charge on any atom is -0.497 e. The second-order valence-corrected chi connectivity index (χ2v) is 5.02. The first-order valence-electron chi connectivity index (χ1n) is 7.50. The van der Waals surface area contributed by atoms with Crippen molar-refractivity contribution in [2.45, 2.75) is 6.42 Å². The number of carbonyl (C=O) groups is 2. The molecule has 2 N–H and O–H groups in total. The molecule has 7 nitrogen and oxygen atoms in total. The van der Waals surface area contributed by atoms with Crippen LogP contribution in [0.25, 0.3) is 0 Å². The standard InChI is InChI=1S/C18H19N3O4/c1-24-15-8-6-13(7-9-15)12-19-21-18(23)11-17(22)20-14-4-3-5-16(10-14)25-2/h3-10,12H,11H2,1-2H3,(H,20,22)(H,21,23). The Morgan fingerprint density at radius 1 is 1.00 bits per heavy atom. The summed E-state index contributed by atoms with van der Waals surface area (Å²) in [6.45, 7) is 0. The third-order valence-electron chi connectivity index (χ3n) is 3.19. The highest BCUT2D eigenvalue weighted by Gasteiger charge is 2.09. The number of hydrogen-bond donors (Lipinski definition) is 2. The van der Waals surface area contributed by atoms with Gasteiger partial charge in [-0.25, -0.2) is 5.43 Å². The van der Waals surface area contributed by atoms with Crippen molar-refractivity contribution in [2.75, 3.05) is 19.5 Å². The minimum absolute atomic E-state index is 0.336. The van der Waals surface area contributed by atoms with Crippen LogP contribution in [0.3, 0.4) is 0 Å². The molecule has 130 valence electrons. The van der Waals surface area contributed by atoms with Crippen LogP contribution in [0, 0.1) is 0 Å². The van der Waals surface area contributed by atoms with E-state index in [0.717, 1.165) is 11.3 Å². The Morgan fingerprint density at radius 2 is 1.72 bits per heavy atom. The molecule has 0 aliphatic heterocycles. The highest BCUT2D eigenvalue weighted by atomic mass is 16.5. The Bertz CT molecular complexity index is 757. The second kappa shape index (κ2) is 9.07. The molecule has 2 rings (SSSR count). The van der Waals surface area contributed by atoms with Gasteiger partial charge in [0.05, 0.1) is 20.4 Å². The normalized spacial score (nSPS) is 10.3. The molecule has 0 unspecified atom stereocenters. The van der Waals surface area contributed by atoms with E-state index in [1.165, 1.54) is 13.3 Å². The van der Waals surface area contributed by atoms with Crippen LogP contribution in [0.15, 0.2) is 53.6 Å². The van der Waals surface area contributed by atoms with Gasteiger partial charge in [0, 0.05) is 11.8 Å². The quantitative estimate of drug-likeness (QED) is 0.459. The Hall–Kier alpha value is -3.35. The van der Waals surface area contributed by atoms with E-state index >= 15 is 0 Å². The summed E-state index contributed by atoms with van der Waals surface area (Å²) in [4.78, 5) is 23.6. The van der Waals surface area contributed by atoms with Gasteiger partial charge in [0.15, 0.2) is 0 Å². The van der Waals surface area contributed by atoms with Gasteiger partial charge in [0.2, 0.25) is 11.8 Å². The summed E-state index contributed by atoms with van der Waals surface area (Å²) in [5.74, 6) is 0.400. The highest BCUT2D eigenvalue weighted by Crippen LogP contribution is 2.16. The number of amides is 2. The van der Waals surface area contributed by atoms with Crippen LogP contribution in [0.5, 0.6) is 11.5 Å². The first-order chi connectivity index (χ1) is 12.1. The Kier molecular flexibility index (Phi) is 6.53. The summed E-state index contributed by atoms with van der Waals surface area (Å²) in [6, 6.07) is 14.0. The lowest BCUT2D eigenvalue weighted by Gasteiger charge is -2.06. The van der Waals surface area contributed by atoms with Crippen molar-refractivity contribution in [1.29, 1.82) is 0 Å². The summed E-state index contributed by atoms with van der Waals surface area (Å²) in [5, 5.41) is 6.44. The summed E-state index contributed by atoms with van der Waals surface area (Å²) >= 11 is 0. The molecule has 25 heavy (non-hydrogen) atoms. The molecule has 0 saturated heterocycles. The molecule has 0 heterocycles. The van der Waals surface area contributed by atoms with Crippen molar-refractivity contribution < 1.29 is 19.1 Å². The topological polar surface area (TPSA) is 89.0 Å². The fourth-order valence-electron chi connectivity index (χ4n) is 1.96. The van der Waals surface area contributed by atoms with Crippen LogP contribution in [0.4, 0.5) is 5.69 Å². The van der Waals surface area contributed by atoms with Crippen LogP contribution in [-0.2, 0) is 9.59 Å². The number of nitrogens with one attached hydrogen (secondary N) is 2. The number of benzene rings is 2. The zero-order valence-electron chi connectivity index (χ0n) is 14.0. The Balaban J connectivity index is 1.80. The average molecular weight is 341 g/mol. The van der Waals surface area contributed by atoms with Crippen molar-refractivity contribution in [3.8, 4) is 11.5 Å². The van der Waals surface area contributed by atoms with Gasteiger partial charge in [-0.15, -0.1) is 0 Å². The SMILES string of the molecule is COc1ccc(C=NNC(=O)CC(=O)Nc2cccc(OC)c2)cc1. The number of ether oxygens (including phenoxy) is 2. The van der Waals surface area contributed by atoms with Crippen LogP contribution in [0.1, 0.15) is 12.0 Å². The molecule has 0 aliphatic carbocycles. The maximum absolute atomic E-state index is 11.8. The fraction of sp³-hybridized carbons (Fsp3) is 0.167. The number of hydrazone groups is 1. The van der Waals surface area contributed by atoms with E-state index < -0.39 is 11.8 Å². The number of hydrogen-bond acceptors (Lipinski definition) is 5. The highest BCUT2D eigenvalue weighted by molar-refractivity contribution is 6.03. The molecule has 0 aliphatic rings. The van der Waals surface area contributed by atoms with Gasteiger partial charge in [-0.3, -0.25) is 9.59 Å². The monoisotopic (exact) mass is 341 g/mol. The lowest BCUT2D eigenvalue weighted by atomic mass is 10.2. The van der Waals surface area contributed by atoms with Crippen molar-refractivity contribution in [1.82, 2.24) is 5.43 Å². The molecule has 2 amide bonds. The van der Waals surface area contributed by atoms with Crippen LogP contribution < -0.4 is 20.2 Å². The molecule has 2 aromatic carbocycles. The van der Waals surface area contributed by atoms with E-state index in [0.29, 0.717) is 11.4 Å². The van der Waals surface area contributed by atoms with Crippen molar-refractivity contribution >= 4 is 23.7 Å². The summed E-state index contributed by atoms with van der Waals surface area (Å²) < 4.78 is 10.1. The van der Waals surface area contributed by atoms with Gasteiger partial charge < -0.3 is 14.8 Å². The second-order valence-electron chi connectivity index (χ2n) is 5.02. The third-order valence-corrected chi connectivity index (χ3v) is 3.19. The first kappa shape index (κ1) is 18.0. The van der Waals surface area contributed by atoms with Gasteiger partial charge in [-0.05, 0) is 42.0 Å². The van der Waals surface area contributed by atoms with E-state index in [1.807, 2.05) is 0 Å². The third kappa shape index (κ3) is 5.98. The lowest BCUT2D eigenvalue weighted by Crippen LogP contribution is -2.24. The van der Waals surface area contributed by atoms with E-state index in [9.17, 15) is 9.59 Å². The molecule has 0 bridgehead atoms. The van der Waals surface area contributed by atoms with Crippen LogP contribution >= 0.6 is 0 Å². The summed E-state index contributed by atoms with van der Waals surface area (Å²) in [6.07, 6.45) is 1.15. The van der Waals surface area contributed by atoms with Crippen molar-refractivity contribution in [3.63, 3.8) is 0 Å². The van der Waals surface area contributed by atoms with Gasteiger partial charge in [0.25, 0.3) is 0 Å². The van der Waals surface area contributed by atoms with Gasteiger partial charge in [-0.1, -0.05) is 6.07 Å². The predicted molar refractivity (Wildman–Crippen MR) is 95.0 cm³/mol. The fourth-order valence-corrected chi connectivity index (χ4v) is 1.96. The van der Waals surface area contributed by atoms with E-state index in [-0.39, 0.29) is 6.42 Å². The zero-order chi connectivity index (χ0) is 18.1. The molecule has 2 aromatic rings. The maximum Gasteiger partial charge on any atom is 0.249 e. The van der Waals surface area contributed by atoms with Crippen molar-refractivity contribution in [2.24, 2.45) is 5.10 Å². The predicted octanol–water partition coefficient (Wildman–Crippen LogP) is 2.18. The zero-order valence-corrected chi connectivity index (χ0v) is 14.0. The molecular formula is C18H19N3O4. The van der Waals surface area contributed by atoms with E-state index in [4.69, 9.17) is 9.47 Å². The first-order valence-corrected chi connectivity index (χ1v) is 7.50. The largest absolute Gasteiger partial charge is 0.497 e.